The van der Waals surface area contributed by atoms with Gasteiger partial charge in [0.1, 0.15) is 16.7 Å². The molecule has 0 saturated carbocycles. The van der Waals surface area contributed by atoms with Crippen molar-refractivity contribution in [3.63, 3.8) is 0 Å². The van der Waals surface area contributed by atoms with Crippen LogP contribution in [-0.2, 0) is 22.6 Å². The van der Waals surface area contributed by atoms with Gasteiger partial charge >= 0.3 is 0 Å². The van der Waals surface area contributed by atoms with Gasteiger partial charge in [0.15, 0.2) is 0 Å². The number of carbonyl (C=O) groups is 2. The smallest absolute Gasteiger partial charge is 0.264 e. The van der Waals surface area contributed by atoms with Crippen LogP contribution in [0.2, 0.25) is 0 Å². The second kappa shape index (κ2) is 10.7. The van der Waals surface area contributed by atoms with Gasteiger partial charge in [-0.1, -0.05) is 82.3 Å². The lowest BCUT2D eigenvalue weighted by Crippen LogP contribution is -2.32. The first-order valence-corrected chi connectivity index (χ1v) is 12.4. The molecule has 0 aliphatic carbocycles. The first-order valence-electron chi connectivity index (χ1n) is 10.7. The Kier molecular flexibility index (Phi) is 7.51. The number of anilines is 1. The summed E-state index contributed by atoms with van der Waals surface area (Å²) in [5, 5.41) is 12.7. The molecule has 0 spiro atoms. The first kappa shape index (κ1) is 23.8. The van der Waals surface area contributed by atoms with Crippen molar-refractivity contribution < 1.29 is 9.59 Å². The molecule has 34 heavy (non-hydrogen) atoms. The Hall–Kier alpha value is -3.34. The number of aryl methyl sites for hydroxylation is 1. The molecule has 1 aliphatic rings. The van der Waals surface area contributed by atoms with Crippen LogP contribution in [0.25, 0.3) is 0 Å². The second-order valence-electron chi connectivity index (χ2n) is 7.85. The Labute approximate surface area is 211 Å². The molecule has 0 unspecified atom stereocenters. The lowest BCUT2D eigenvalue weighted by atomic mass is 10.0. The van der Waals surface area contributed by atoms with E-state index >= 15 is 0 Å². The van der Waals surface area contributed by atoms with E-state index in [9.17, 15) is 14.9 Å². The number of thioether (sulfide) groups is 1. The Balaban J connectivity index is 1.68. The fraction of sp³-hybridized carbons (Fsp3) is 0.148. The molecule has 5 nitrogen and oxygen atoms in total. The van der Waals surface area contributed by atoms with Crippen LogP contribution in [0.4, 0.5) is 5.69 Å². The van der Waals surface area contributed by atoms with Crippen LogP contribution in [0.1, 0.15) is 16.7 Å². The van der Waals surface area contributed by atoms with Crippen LogP contribution >= 0.6 is 27.7 Å². The molecule has 0 radical (unpaired) electrons. The average Bonchev–Trinajstić information content (AvgIpc) is 3.16. The number of benzene rings is 3. The number of nitrogens with zero attached hydrogens (tertiary/aromatic N) is 2. The average molecular weight is 532 g/mol. The molecule has 1 saturated heterocycles. The van der Waals surface area contributed by atoms with E-state index in [0.717, 1.165) is 21.2 Å². The first-order chi connectivity index (χ1) is 16.5. The molecule has 0 aromatic heterocycles. The molecular formula is C27H22BrN3O2S. The highest BCUT2D eigenvalue weighted by molar-refractivity contribution is 9.10. The van der Waals surface area contributed by atoms with E-state index in [1.165, 1.54) is 16.7 Å². The van der Waals surface area contributed by atoms with E-state index < -0.39 is 11.2 Å². The highest BCUT2D eigenvalue weighted by Crippen LogP contribution is 2.42. The fourth-order valence-corrected chi connectivity index (χ4v) is 5.28. The predicted molar refractivity (Wildman–Crippen MR) is 139 cm³/mol. The van der Waals surface area contributed by atoms with Crippen molar-refractivity contribution in [2.45, 2.75) is 25.1 Å². The summed E-state index contributed by atoms with van der Waals surface area (Å²) in [7, 11) is 0. The zero-order chi connectivity index (χ0) is 24.1. The maximum atomic E-state index is 13.6. The Morgan fingerprint density at radius 3 is 2.41 bits per heavy atom. The molecule has 1 N–H and O–H groups in total. The molecule has 3 aromatic carbocycles. The molecule has 3 aromatic rings. The van der Waals surface area contributed by atoms with E-state index in [-0.39, 0.29) is 11.5 Å². The fourth-order valence-electron chi connectivity index (χ4n) is 3.72. The summed E-state index contributed by atoms with van der Waals surface area (Å²) in [4.78, 5) is 28.1. The van der Waals surface area contributed by atoms with Gasteiger partial charge in [0, 0.05) is 16.7 Å². The normalized spacial score (nSPS) is 16.8. The summed E-state index contributed by atoms with van der Waals surface area (Å²) in [6.45, 7) is 2.31. The number of hydrogen-bond acceptors (Lipinski definition) is 4. The van der Waals surface area contributed by atoms with E-state index in [4.69, 9.17) is 0 Å². The summed E-state index contributed by atoms with van der Waals surface area (Å²) >= 11 is 4.69. The second-order valence-corrected chi connectivity index (χ2v) is 9.95. The van der Waals surface area contributed by atoms with Gasteiger partial charge in [-0.05, 0) is 54.3 Å². The van der Waals surface area contributed by atoms with Gasteiger partial charge < -0.3 is 5.32 Å². The van der Waals surface area contributed by atoms with Gasteiger partial charge in [-0.25, -0.2) is 0 Å². The summed E-state index contributed by atoms with van der Waals surface area (Å²) in [6.07, 6.45) is 0.511. The van der Waals surface area contributed by atoms with Gasteiger partial charge in [0.05, 0.1) is 5.25 Å². The monoisotopic (exact) mass is 531 g/mol. The van der Waals surface area contributed by atoms with Crippen molar-refractivity contribution >= 4 is 45.2 Å². The highest BCUT2D eigenvalue weighted by Gasteiger charge is 2.40. The lowest BCUT2D eigenvalue weighted by molar-refractivity contribution is -0.117. The summed E-state index contributed by atoms with van der Waals surface area (Å²) in [6, 6.07) is 26.7. The summed E-state index contributed by atoms with van der Waals surface area (Å²) < 4.78 is 0.874. The highest BCUT2D eigenvalue weighted by atomic mass is 79.9. The number of nitrogens with one attached hydrogen (secondary N) is 1. The largest absolute Gasteiger partial charge is 0.347 e. The maximum absolute atomic E-state index is 13.6. The molecule has 1 atom stereocenters. The van der Waals surface area contributed by atoms with Crippen LogP contribution in [0.3, 0.4) is 0 Å². The number of hydrogen-bond donors (Lipinski definition) is 1. The minimum Gasteiger partial charge on any atom is -0.347 e. The van der Waals surface area contributed by atoms with Crippen molar-refractivity contribution in [3.05, 3.63) is 111 Å². The van der Waals surface area contributed by atoms with Crippen LogP contribution in [0.15, 0.2) is 93.9 Å². The van der Waals surface area contributed by atoms with E-state index in [0.29, 0.717) is 23.7 Å². The summed E-state index contributed by atoms with van der Waals surface area (Å²) in [5.41, 5.74) is 3.65. The Bertz CT molecular complexity index is 1280. The number of rotatable bonds is 6. The van der Waals surface area contributed by atoms with Gasteiger partial charge in [0.2, 0.25) is 5.91 Å². The zero-order valence-electron chi connectivity index (χ0n) is 18.5. The third-order valence-electron chi connectivity index (χ3n) is 5.55. The third-order valence-corrected chi connectivity index (χ3v) is 7.34. The Morgan fingerprint density at radius 1 is 1.06 bits per heavy atom. The minimum atomic E-state index is -0.500. The maximum Gasteiger partial charge on any atom is 0.264 e. The number of nitriles is 1. The topological polar surface area (TPSA) is 73.2 Å². The molecule has 4 rings (SSSR count). The standard InChI is InChI=1S/C27H22BrN3O2S/c1-18-7-5-6-10-20(18)15-24-26(33)31(22-13-11-21(28)12-14-22)27(34-24)23(16-29)25(32)30-17-19-8-3-2-4-9-19/h2-14,24H,15,17H2,1H3,(H,30,32)/b27-23-/t24-/m1/s1. The molecule has 1 aliphatic heterocycles. The zero-order valence-corrected chi connectivity index (χ0v) is 20.9. The van der Waals surface area contributed by atoms with Crippen LogP contribution in [0, 0.1) is 18.3 Å². The molecule has 2 amide bonds. The molecule has 170 valence electrons. The molecular weight excluding hydrogens is 510 g/mol. The quantitative estimate of drug-likeness (QED) is 0.336. The predicted octanol–water partition coefficient (Wildman–Crippen LogP) is 5.50. The van der Waals surface area contributed by atoms with Crippen molar-refractivity contribution in [1.29, 1.82) is 5.26 Å². The molecule has 1 heterocycles. The van der Waals surface area contributed by atoms with Gasteiger partial charge in [0.25, 0.3) is 5.91 Å². The molecule has 1 fully saturated rings. The van der Waals surface area contributed by atoms with Crippen molar-refractivity contribution in [1.82, 2.24) is 5.32 Å². The van der Waals surface area contributed by atoms with Gasteiger partial charge in [-0.15, -0.1) is 0 Å². The molecule has 7 heteroatoms. The van der Waals surface area contributed by atoms with E-state index in [1.54, 1.807) is 12.1 Å². The number of halogens is 1. The third kappa shape index (κ3) is 5.24. The van der Waals surface area contributed by atoms with Crippen LogP contribution < -0.4 is 10.2 Å². The van der Waals surface area contributed by atoms with Crippen molar-refractivity contribution in [2.75, 3.05) is 4.90 Å². The van der Waals surface area contributed by atoms with Crippen LogP contribution in [0.5, 0.6) is 0 Å². The van der Waals surface area contributed by atoms with E-state index in [2.05, 4.69) is 27.3 Å². The SMILES string of the molecule is Cc1ccccc1C[C@H]1S/C(=C(/C#N)C(=O)NCc2ccccc2)N(c2ccc(Br)cc2)C1=O. The van der Waals surface area contributed by atoms with Gasteiger partial charge in [-0.3, -0.25) is 14.5 Å². The number of amides is 2. The minimum absolute atomic E-state index is 0.0653. The van der Waals surface area contributed by atoms with Crippen LogP contribution in [-0.4, -0.2) is 17.1 Å². The van der Waals surface area contributed by atoms with Crippen molar-refractivity contribution in [2.24, 2.45) is 0 Å². The van der Waals surface area contributed by atoms with Gasteiger partial charge in [-0.2, -0.15) is 5.26 Å². The van der Waals surface area contributed by atoms with Crippen molar-refractivity contribution in [3.8, 4) is 6.07 Å². The summed E-state index contributed by atoms with van der Waals surface area (Å²) in [5.74, 6) is -0.644. The molecule has 0 bridgehead atoms. The number of carbonyl (C=O) groups excluding carboxylic acids is 2. The van der Waals surface area contributed by atoms with E-state index in [1.807, 2.05) is 73.7 Å². The Morgan fingerprint density at radius 2 is 1.74 bits per heavy atom. The lowest BCUT2D eigenvalue weighted by Gasteiger charge is -2.19.